The van der Waals surface area contributed by atoms with Gasteiger partial charge in [-0.1, -0.05) is 71.2 Å². The van der Waals surface area contributed by atoms with E-state index in [4.69, 9.17) is 39.3 Å². The highest BCUT2D eigenvalue weighted by Gasteiger charge is 2.49. The van der Waals surface area contributed by atoms with Crippen LogP contribution in [0.3, 0.4) is 0 Å². The Morgan fingerprint density at radius 1 is 1.12 bits per heavy atom. The minimum atomic E-state index is -3.72. The van der Waals surface area contributed by atoms with Gasteiger partial charge in [0.05, 0.1) is 6.61 Å². The summed E-state index contributed by atoms with van der Waals surface area (Å²) in [6, 6.07) is 15.4. The SMILES string of the molecule is CCO[P@](=O)(c1ccccc1)[C@H](NC(=O)c1ccccc1C)C(Cl)(Cl)Cl. The molecule has 0 heterocycles. The van der Waals surface area contributed by atoms with Crippen molar-refractivity contribution in [2.75, 3.05) is 6.61 Å². The zero-order valence-electron chi connectivity index (χ0n) is 14.3. The van der Waals surface area contributed by atoms with E-state index in [1.807, 2.05) is 6.07 Å². The third kappa shape index (κ3) is 4.82. The van der Waals surface area contributed by atoms with Gasteiger partial charge in [0, 0.05) is 10.9 Å². The molecule has 26 heavy (non-hydrogen) atoms. The van der Waals surface area contributed by atoms with Gasteiger partial charge in [-0.05, 0) is 37.6 Å². The van der Waals surface area contributed by atoms with Crippen LogP contribution in [0, 0.1) is 6.92 Å². The third-order valence-corrected chi connectivity index (χ3v) is 7.71. The van der Waals surface area contributed by atoms with E-state index >= 15 is 0 Å². The number of halogens is 3. The molecule has 0 aliphatic rings. The summed E-state index contributed by atoms with van der Waals surface area (Å²) in [4.78, 5) is 12.7. The van der Waals surface area contributed by atoms with Gasteiger partial charge in [0.2, 0.25) is 3.79 Å². The second-order valence-electron chi connectivity index (χ2n) is 5.58. The van der Waals surface area contributed by atoms with Crippen LogP contribution in [0.4, 0.5) is 0 Å². The summed E-state index contributed by atoms with van der Waals surface area (Å²) in [6.07, 6.45) is 0. The molecule has 2 aromatic rings. The van der Waals surface area contributed by atoms with Crippen molar-refractivity contribution < 1.29 is 13.9 Å². The molecule has 1 N–H and O–H groups in total. The molecule has 0 saturated heterocycles. The summed E-state index contributed by atoms with van der Waals surface area (Å²) >= 11 is 18.3. The summed E-state index contributed by atoms with van der Waals surface area (Å²) in [5.41, 5.74) is 1.15. The van der Waals surface area contributed by atoms with E-state index in [9.17, 15) is 9.36 Å². The quantitative estimate of drug-likeness (QED) is 0.511. The highest BCUT2D eigenvalue weighted by molar-refractivity contribution is 7.68. The Balaban J connectivity index is 2.47. The number of alkyl halides is 3. The van der Waals surface area contributed by atoms with Crippen molar-refractivity contribution in [3.63, 3.8) is 0 Å². The van der Waals surface area contributed by atoms with E-state index in [1.54, 1.807) is 62.4 Å². The van der Waals surface area contributed by atoms with Gasteiger partial charge in [-0.15, -0.1) is 0 Å². The van der Waals surface area contributed by atoms with Gasteiger partial charge in [0.15, 0.2) is 5.78 Å². The maximum absolute atomic E-state index is 13.7. The first-order chi connectivity index (χ1) is 12.2. The van der Waals surface area contributed by atoms with Crippen LogP contribution in [0.5, 0.6) is 0 Å². The minimum absolute atomic E-state index is 0.129. The number of hydrogen-bond donors (Lipinski definition) is 1. The van der Waals surface area contributed by atoms with Crippen molar-refractivity contribution in [2.45, 2.75) is 23.4 Å². The fraction of sp³-hybridized carbons (Fsp3) is 0.278. The Morgan fingerprint density at radius 2 is 1.69 bits per heavy atom. The number of carbonyl (C=O) groups is 1. The first kappa shape index (κ1) is 21.3. The van der Waals surface area contributed by atoms with E-state index < -0.39 is 22.9 Å². The number of benzene rings is 2. The molecule has 8 heteroatoms. The Morgan fingerprint density at radius 3 is 2.23 bits per heavy atom. The van der Waals surface area contributed by atoms with Crippen molar-refractivity contribution in [3.8, 4) is 0 Å². The lowest BCUT2D eigenvalue weighted by Crippen LogP contribution is -2.46. The summed E-state index contributed by atoms with van der Waals surface area (Å²) in [5, 5.41) is 2.98. The van der Waals surface area contributed by atoms with Gasteiger partial charge < -0.3 is 9.84 Å². The van der Waals surface area contributed by atoms with Gasteiger partial charge in [-0.3, -0.25) is 9.36 Å². The summed E-state index contributed by atoms with van der Waals surface area (Å²) in [6.45, 7) is 3.61. The van der Waals surface area contributed by atoms with Crippen molar-refractivity contribution in [1.82, 2.24) is 5.32 Å². The molecule has 140 valence electrons. The molecule has 1 amide bonds. The maximum Gasteiger partial charge on any atom is 0.258 e. The molecular formula is C18H19Cl3NO3P. The van der Waals surface area contributed by atoms with Crippen molar-refractivity contribution in [2.24, 2.45) is 0 Å². The smallest absolute Gasteiger partial charge is 0.258 e. The van der Waals surface area contributed by atoms with Gasteiger partial charge >= 0.3 is 0 Å². The predicted molar refractivity (Wildman–Crippen MR) is 108 cm³/mol. The zero-order valence-corrected chi connectivity index (χ0v) is 17.4. The Hall–Kier alpha value is -1.03. The molecule has 0 bridgehead atoms. The first-order valence-electron chi connectivity index (χ1n) is 7.93. The Kier molecular flexibility index (Phi) is 7.18. The standard InChI is InChI=1S/C18H19Cl3NO3P/c1-3-25-26(24,14-10-5-4-6-11-14)17(18(19,20)21)22-16(23)15-12-8-7-9-13(15)2/h4-12,17H,3H2,1-2H3,(H,22,23)/t17-,26+/m0/s1. The van der Waals surface area contributed by atoms with E-state index in [1.165, 1.54) is 0 Å². The highest BCUT2D eigenvalue weighted by Crippen LogP contribution is 2.57. The summed E-state index contributed by atoms with van der Waals surface area (Å²) < 4.78 is 17.2. The summed E-state index contributed by atoms with van der Waals surface area (Å²) in [7, 11) is -3.72. The Labute approximate surface area is 168 Å². The molecule has 2 atom stereocenters. The van der Waals surface area contributed by atoms with Crippen LogP contribution >= 0.6 is 42.2 Å². The van der Waals surface area contributed by atoms with Crippen LogP contribution in [0.25, 0.3) is 0 Å². The first-order valence-corrected chi connectivity index (χ1v) is 10.8. The number of carbonyl (C=O) groups excluding carboxylic acids is 1. The van der Waals surface area contributed by atoms with Crippen molar-refractivity contribution in [3.05, 3.63) is 65.7 Å². The Bertz CT molecular complexity index is 809. The average molecular weight is 435 g/mol. The molecule has 0 unspecified atom stereocenters. The lowest BCUT2D eigenvalue weighted by Gasteiger charge is -2.32. The number of amides is 1. The van der Waals surface area contributed by atoms with Crippen molar-refractivity contribution in [1.29, 1.82) is 0 Å². The van der Waals surface area contributed by atoms with Crippen LogP contribution in [0.15, 0.2) is 54.6 Å². The molecular weight excluding hydrogens is 416 g/mol. The monoisotopic (exact) mass is 433 g/mol. The molecule has 0 aliphatic heterocycles. The largest absolute Gasteiger partial charge is 0.336 e. The van der Waals surface area contributed by atoms with E-state index in [0.717, 1.165) is 5.56 Å². The molecule has 0 radical (unpaired) electrons. The van der Waals surface area contributed by atoms with E-state index in [2.05, 4.69) is 5.32 Å². The molecule has 4 nitrogen and oxygen atoms in total. The number of nitrogens with one attached hydrogen (secondary N) is 1. The second kappa shape index (κ2) is 8.77. The topological polar surface area (TPSA) is 55.4 Å². The van der Waals surface area contributed by atoms with Gasteiger partial charge in [-0.2, -0.15) is 0 Å². The van der Waals surface area contributed by atoms with Crippen LogP contribution in [-0.4, -0.2) is 22.1 Å². The fourth-order valence-electron chi connectivity index (χ4n) is 2.51. The molecule has 0 aromatic heterocycles. The molecule has 0 fully saturated rings. The molecule has 0 aliphatic carbocycles. The van der Waals surface area contributed by atoms with Crippen LogP contribution < -0.4 is 10.6 Å². The molecule has 2 rings (SSSR count). The van der Waals surface area contributed by atoms with Crippen molar-refractivity contribution >= 4 is 53.4 Å². The second-order valence-corrected chi connectivity index (χ2v) is 10.4. The highest BCUT2D eigenvalue weighted by atomic mass is 35.6. The number of rotatable bonds is 6. The lowest BCUT2D eigenvalue weighted by molar-refractivity contribution is 0.0945. The zero-order chi connectivity index (χ0) is 19.4. The van der Waals surface area contributed by atoms with Gasteiger partial charge in [0.25, 0.3) is 13.3 Å². The van der Waals surface area contributed by atoms with E-state index in [0.29, 0.717) is 10.9 Å². The summed E-state index contributed by atoms with van der Waals surface area (Å²) in [5.74, 6) is -1.84. The molecule has 2 aromatic carbocycles. The third-order valence-electron chi connectivity index (χ3n) is 3.74. The van der Waals surface area contributed by atoms with E-state index in [-0.39, 0.29) is 6.61 Å². The number of aryl methyl sites for hydroxylation is 1. The fourth-order valence-corrected chi connectivity index (χ4v) is 6.07. The van der Waals surface area contributed by atoms with Gasteiger partial charge in [0.1, 0.15) is 0 Å². The predicted octanol–water partition coefficient (Wildman–Crippen LogP) is 5.06. The van der Waals surface area contributed by atoms with Crippen LogP contribution in [-0.2, 0) is 9.09 Å². The maximum atomic E-state index is 13.7. The number of hydrogen-bond acceptors (Lipinski definition) is 3. The molecule has 0 saturated carbocycles. The normalized spacial score (nSPS) is 15.1. The minimum Gasteiger partial charge on any atom is -0.336 e. The molecule has 0 spiro atoms. The lowest BCUT2D eigenvalue weighted by atomic mass is 10.1. The van der Waals surface area contributed by atoms with Crippen LogP contribution in [0.2, 0.25) is 0 Å². The van der Waals surface area contributed by atoms with Crippen LogP contribution in [0.1, 0.15) is 22.8 Å². The van der Waals surface area contributed by atoms with Gasteiger partial charge in [-0.25, -0.2) is 0 Å². The average Bonchev–Trinajstić information content (AvgIpc) is 2.59.